The molecule has 0 unspecified atom stereocenters. The molecule has 0 radical (unpaired) electrons. The van der Waals surface area contributed by atoms with Crippen LogP contribution in [0.3, 0.4) is 0 Å². The van der Waals surface area contributed by atoms with Crippen LogP contribution in [0, 0.1) is 0 Å². The largest absolute Gasteiger partial charge is 0.475 e. The molecule has 0 aliphatic carbocycles. The van der Waals surface area contributed by atoms with Gasteiger partial charge in [-0.2, -0.15) is 0 Å². The first-order valence-corrected chi connectivity index (χ1v) is 4.91. The third-order valence-electron chi connectivity index (χ3n) is 1.92. The Hall–Kier alpha value is -1.62. The SMILES string of the molecule is O=C(O)c1oncc1-c1ccc(Br)cc1. The topological polar surface area (TPSA) is 63.3 Å². The Bertz CT molecular complexity index is 490. The highest BCUT2D eigenvalue weighted by Crippen LogP contribution is 2.24. The van der Waals surface area contributed by atoms with E-state index in [0.29, 0.717) is 5.56 Å². The van der Waals surface area contributed by atoms with E-state index in [1.165, 1.54) is 6.20 Å². The van der Waals surface area contributed by atoms with Gasteiger partial charge in [-0.25, -0.2) is 4.79 Å². The second-order valence-corrected chi connectivity index (χ2v) is 3.80. The maximum atomic E-state index is 10.8. The molecular formula is C10H6BrNO3. The van der Waals surface area contributed by atoms with Gasteiger partial charge in [-0.15, -0.1) is 0 Å². The molecule has 1 N–H and O–H groups in total. The van der Waals surface area contributed by atoms with E-state index in [-0.39, 0.29) is 5.76 Å². The zero-order valence-electron chi connectivity index (χ0n) is 7.48. The molecule has 0 aliphatic heterocycles. The van der Waals surface area contributed by atoms with Crippen LogP contribution in [-0.4, -0.2) is 16.2 Å². The van der Waals surface area contributed by atoms with Gasteiger partial charge in [-0.3, -0.25) is 0 Å². The molecule has 1 heterocycles. The van der Waals surface area contributed by atoms with Gasteiger partial charge < -0.3 is 9.63 Å². The minimum atomic E-state index is -1.12. The van der Waals surface area contributed by atoms with Crippen molar-refractivity contribution in [1.82, 2.24) is 5.16 Å². The number of carbonyl (C=O) groups is 1. The highest BCUT2D eigenvalue weighted by atomic mass is 79.9. The molecule has 15 heavy (non-hydrogen) atoms. The van der Waals surface area contributed by atoms with E-state index < -0.39 is 5.97 Å². The molecule has 0 amide bonds. The lowest BCUT2D eigenvalue weighted by molar-refractivity contribution is 0.0653. The lowest BCUT2D eigenvalue weighted by Gasteiger charge is -1.97. The zero-order chi connectivity index (χ0) is 10.8. The van der Waals surface area contributed by atoms with E-state index in [1.54, 1.807) is 12.1 Å². The predicted molar refractivity (Wildman–Crippen MR) is 56.6 cm³/mol. The number of aromatic nitrogens is 1. The van der Waals surface area contributed by atoms with Crippen molar-refractivity contribution in [3.63, 3.8) is 0 Å². The van der Waals surface area contributed by atoms with Gasteiger partial charge in [0.15, 0.2) is 0 Å². The van der Waals surface area contributed by atoms with E-state index in [9.17, 15) is 4.79 Å². The van der Waals surface area contributed by atoms with Crippen molar-refractivity contribution in [3.05, 3.63) is 40.7 Å². The monoisotopic (exact) mass is 267 g/mol. The van der Waals surface area contributed by atoms with Crippen LogP contribution >= 0.6 is 15.9 Å². The predicted octanol–water partition coefficient (Wildman–Crippen LogP) is 2.80. The van der Waals surface area contributed by atoms with Crippen molar-refractivity contribution in [2.75, 3.05) is 0 Å². The van der Waals surface area contributed by atoms with Crippen LogP contribution in [0.4, 0.5) is 0 Å². The second kappa shape index (κ2) is 3.86. The van der Waals surface area contributed by atoms with Crippen LogP contribution in [0.1, 0.15) is 10.6 Å². The molecule has 0 bridgehead atoms. The van der Waals surface area contributed by atoms with Gasteiger partial charge in [-0.1, -0.05) is 33.2 Å². The summed E-state index contributed by atoms with van der Waals surface area (Å²) in [6.45, 7) is 0. The first-order valence-electron chi connectivity index (χ1n) is 4.12. The minimum absolute atomic E-state index is 0.141. The summed E-state index contributed by atoms with van der Waals surface area (Å²) in [5, 5.41) is 12.3. The normalized spacial score (nSPS) is 10.2. The van der Waals surface area contributed by atoms with Crippen molar-refractivity contribution >= 4 is 21.9 Å². The zero-order valence-corrected chi connectivity index (χ0v) is 9.06. The van der Waals surface area contributed by atoms with E-state index in [2.05, 4.69) is 25.6 Å². The van der Waals surface area contributed by atoms with Gasteiger partial charge in [0.25, 0.3) is 5.76 Å². The van der Waals surface area contributed by atoms with Crippen LogP contribution in [0.15, 0.2) is 39.5 Å². The minimum Gasteiger partial charge on any atom is -0.475 e. The van der Waals surface area contributed by atoms with Crippen LogP contribution in [0.5, 0.6) is 0 Å². The van der Waals surface area contributed by atoms with Gasteiger partial charge in [0.1, 0.15) is 0 Å². The fourth-order valence-electron chi connectivity index (χ4n) is 1.23. The molecule has 0 spiro atoms. The molecular weight excluding hydrogens is 262 g/mol. The number of carboxylic acid groups (broad SMARTS) is 1. The summed E-state index contributed by atoms with van der Waals surface area (Å²) in [5.41, 5.74) is 1.24. The van der Waals surface area contributed by atoms with Crippen molar-refractivity contribution in [2.45, 2.75) is 0 Å². The molecule has 4 nitrogen and oxygen atoms in total. The van der Waals surface area contributed by atoms with Gasteiger partial charge in [-0.05, 0) is 17.7 Å². The van der Waals surface area contributed by atoms with Gasteiger partial charge in [0, 0.05) is 4.47 Å². The van der Waals surface area contributed by atoms with Crippen LogP contribution in [-0.2, 0) is 0 Å². The van der Waals surface area contributed by atoms with E-state index in [0.717, 1.165) is 10.0 Å². The molecule has 0 fully saturated rings. The summed E-state index contributed by atoms with van der Waals surface area (Å²) in [4.78, 5) is 10.8. The second-order valence-electron chi connectivity index (χ2n) is 2.88. The van der Waals surface area contributed by atoms with E-state index in [4.69, 9.17) is 5.11 Å². The van der Waals surface area contributed by atoms with Crippen LogP contribution < -0.4 is 0 Å². The highest BCUT2D eigenvalue weighted by molar-refractivity contribution is 9.10. The van der Waals surface area contributed by atoms with E-state index >= 15 is 0 Å². The Morgan fingerprint density at radius 1 is 1.33 bits per heavy atom. The Labute approximate surface area is 93.6 Å². The molecule has 0 saturated carbocycles. The van der Waals surface area contributed by atoms with E-state index in [1.807, 2.05) is 12.1 Å². The smallest absolute Gasteiger partial charge is 0.375 e. The molecule has 0 atom stereocenters. The first kappa shape index (κ1) is 9.92. The fraction of sp³-hybridized carbons (Fsp3) is 0. The third kappa shape index (κ3) is 1.92. The lowest BCUT2D eigenvalue weighted by atomic mass is 10.1. The third-order valence-corrected chi connectivity index (χ3v) is 2.45. The summed E-state index contributed by atoms with van der Waals surface area (Å²) >= 11 is 3.30. The number of carboxylic acids is 1. The Balaban J connectivity index is 2.49. The van der Waals surface area contributed by atoms with Gasteiger partial charge in [0.05, 0.1) is 11.8 Å². The summed E-state index contributed by atoms with van der Waals surface area (Å²) < 4.78 is 5.58. The number of aromatic carboxylic acids is 1. The molecule has 0 aliphatic rings. The summed E-state index contributed by atoms with van der Waals surface area (Å²) in [6, 6.07) is 7.24. The first-order chi connectivity index (χ1) is 7.18. The summed E-state index contributed by atoms with van der Waals surface area (Å²) in [7, 11) is 0. The van der Waals surface area contributed by atoms with Gasteiger partial charge >= 0.3 is 5.97 Å². The Morgan fingerprint density at radius 2 is 2.00 bits per heavy atom. The molecule has 2 rings (SSSR count). The van der Waals surface area contributed by atoms with Crippen LogP contribution in [0.2, 0.25) is 0 Å². The van der Waals surface area contributed by atoms with Crippen molar-refractivity contribution in [3.8, 4) is 11.1 Å². The Kier molecular flexibility index (Phi) is 2.55. The Morgan fingerprint density at radius 3 is 2.60 bits per heavy atom. The number of rotatable bonds is 2. The number of hydrogen-bond donors (Lipinski definition) is 1. The molecule has 1 aromatic heterocycles. The van der Waals surface area contributed by atoms with Crippen molar-refractivity contribution in [2.24, 2.45) is 0 Å². The average molecular weight is 268 g/mol. The number of halogens is 1. The molecule has 76 valence electrons. The summed E-state index contributed by atoms with van der Waals surface area (Å²) in [6.07, 6.45) is 1.40. The molecule has 0 saturated heterocycles. The lowest BCUT2D eigenvalue weighted by Crippen LogP contribution is -1.95. The number of nitrogens with zero attached hydrogens (tertiary/aromatic N) is 1. The highest BCUT2D eigenvalue weighted by Gasteiger charge is 2.16. The maximum absolute atomic E-state index is 10.8. The number of hydrogen-bond acceptors (Lipinski definition) is 3. The standard InChI is InChI=1S/C10H6BrNO3/c11-7-3-1-6(2-4-7)8-5-12-15-9(8)10(13)14/h1-5H,(H,13,14). The quantitative estimate of drug-likeness (QED) is 0.909. The van der Waals surface area contributed by atoms with Crippen molar-refractivity contribution < 1.29 is 14.4 Å². The molecule has 2 aromatic rings. The molecule has 1 aromatic carbocycles. The summed E-state index contributed by atoms with van der Waals surface area (Å²) in [5.74, 6) is -1.26. The van der Waals surface area contributed by atoms with Crippen LogP contribution in [0.25, 0.3) is 11.1 Å². The number of benzene rings is 1. The average Bonchev–Trinajstić information content (AvgIpc) is 2.67. The fourth-order valence-corrected chi connectivity index (χ4v) is 1.49. The molecule has 5 heteroatoms. The van der Waals surface area contributed by atoms with Crippen molar-refractivity contribution in [1.29, 1.82) is 0 Å². The van der Waals surface area contributed by atoms with Gasteiger partial charge in [0.2, 0.25) is 0 Å². The maximum Gasteiger partial charge on any atom is 0.375 e.